The summed E-state index contributed by atoms with van der Waals surface area (Å²) in [5.74, 6) is -4.40. The van der Waals surface area contributed by atoms with Gasteiger partial charge in [0.25, 0.3) is 11.8 Å². The molecule has 2 fully saturated rings. The highest BCUT2D eigenvalue weighted by atomic mass is 16.2. The molecule has 1 aromatic heterocycles. The monoisotopic (exact) mass is 983 g/mol. The van der Waals surface area contributed by atoms with Crippen molar-refractivity contribution in [2.75, 3.05) is 27.2 Å². The molecule has 20 nitrogen and oxygen atoms in total. The van der Waals surface area contributed by atoms with E-state index in [1.807, 2.05) is 102 Å². The van der Waals surface area contributed by atoms with Gasteiger partial charge in [0, 0.05) is 31.2 Å². The lowest BCUT2D eigenvalue weighted by atomic mass is 9.97. The number of amides is 8. The molecule has 3 aromatic rings. The number of likely N-dealkylation sites (tertiary alicyclic amines) is 2. The van der Waals surface area contributed by atoms with Crippen molar-refractivity contribution in [1.82, 2.24) is 62.5 Å². The van der Waals surface area contributed by atoms with Crippen LogP contribution in [0.25, 0.3) is 0 Å². The van der Waals surface area contributed by atoms with Crippen molar-refractivity contribution < 1.29 is 38.4 Å². The Labute approximate surface area is 416 Å². The fourth-order valence-corrected chi connectivity index (χ4v) is 8.75. The van der Waals surface area contributed by atoms with E-state index < -0.39 is 95.9 Å². The lowest BCUT2D eigenvalue weighted by Gasteiger charge is -2.32. The first-order chi connectivity index (χ1) is 33.8. The second kappa shape index (κ2) is 25.4. The number of carbonyl (C=O) groups excluding carboxylic acids is 8. The van der Waals surface area contributed by atoms with Crippen LogP contribution in [0.3, 0.4) is 0 Å². The highest BCUT2D eigenvalue weighted by Gasteiger charge is 2.46. The first kappa shape index (κ1) is 55.3. The SMILES string of the molecule is CC[C@@H](C)[C@H](NC(=O)[C@H](C)NC)C(=O)N1C[C@@H](NC(=O)c2cc(C(=O)N[C@H]3C[C@@H](C(=O)N[C@H](C)c4ccccc4)N(C(=O)[C@@H](NC(=O)[C@H](C)NC)[C@H](C)CC)C3)[nH]n2)C[C@H]1C(=O)N[C@H](C)c1ccccc1. The fourth-order valence-electron chi connectivity index (χ4n) is 8.75. The third-order valence-corrected chi connectivity index (χ3v) is 14.0. The smallest absolute Gasteiger partial charge is 0.272 e. The summed E-state index contributed by atoms with van der Waals surface area (Å²) in [6, 6.07) is 12.7. The largest absolute Gasteiger partial charge is 0.348 e. The molecule has 386 valence electrons. The molecule has 0 radical (unpaired) electrons. The molecular formula is C51H74N12O8. The van der Waals surface area contributed by atoms with Gasteiger partial charge in [0.2, 0.25) is 35.4 Å². The Kier molecular flexibility index (Phi) is 19.8. The number of benzene rings is 2. The Balaban J connectivity index is 1.32. The van der Waals surface area contributed by atoms with Crippen molar-refractivity contribution in [3.8, 4) is 0 Å². The summed E-state index contributed by atoms with van der Waals surface area (Å²) in [5, 5.41) is 30.1. The molecule has 0 spiro atoms. The summed E-state index contributed by atoms with van der Waals surface area (Å²) in [4.78, 5) is 114. The molecule has 0 aliphatic carbocycles. The predicted molar refractivity (Wildman–Crippen MR) is 267 cm³/mol. The minimum absolute atomic E-state index is 0.0416. The number of rotatable bonds is 22. The number of nitrogens with zero attached hydrogens (tertiary/aromatic N) is 3. The topological polar surface area (TPSA) is 268 Å². The van der Waals surface area contributed by atoms with Crippen LogP contribution in [0, 0.1) is 11.8 Å². The standard InChI is InChI=1S/C51H74N12O8/c1-11-28(3)42(58-44(64)32(7)52-9)50(70)62-26-36(23-40(62)48(68)54-30(5)34-19-15-13-16-20-34)56-46(66)38-25-39(61-60-38)47(67)57-37-24-41(49(69)55-31(6)35-21-17-14-18-22-35)63(27-37)51(71)43(29(4)12-2)59-45(65)33(8)53-10/h13-22,25,28-33,36-37,40-43,52-53H,11-12,23-24,26-27H2,1-10H3,(H,54,68)(H,55,69)(H,56,66)(H,57,67)(H,58,64)(H,59,65)(H,60,61)/t28-,29-,30-,31-,32+,33+,36+,37+,40+,41+,42+,43+/m1/s1. The zero-order valence-electron chi connectivity index (χ0n) is 42.6. The molecule has 2 aliphatic rings. The van der Waals surface area contributed by atoms with Crippen molar-refractivity contribution >= 4 is 47.3 Å². The van der Waals surface area contributed by atoms with Gasteiger partial charge in [-0.25, -0.2) is 0 Å². The first-order valence-electron chi connectivity index (χ1n) is 24.8. The first-order valence-corrected chi connectivity index (χ1v) is 24.8. The van der Waals surface area contributed by atoms with E-state index in [4.69, 9.17) is 0 Å². The number of carbonyl (C=O) groups is 8. The van der Waals surface area contributed by atoms with Crippen LogP contribution in [-0.2, 0) is 28.8 Å². The lowest BCUT2D eigenvalue weighted by Crippen LogP contribution is -2.57. The molecule has 8 amide bonds. The van der Waals surface area contributed by atoms with Gasteiger partial charge in [-0.2, -0.15) is 5.10 Å². The fraction of sp³-hybridized carbons (Fsp3) is 0.549. The second-order valence-corrected chi connectivity index (χ2v) is 19.0. The summed E-state index contributed by atoms with van der Waals surface area (Å²) in [6.07, 6.45) is 1.24. The molecule has 0 saturated carbocycles. The van der Waals surface area contributed by atoms with Gasteiger partial charge in [-0.05, 0) is 77.6 Å². The van der Waals surface area contributed by atoms with E-state index in [1.165, 1.54) is 15.9 Å². The zero-order valence-corrected chi connectivity index (χ0v) is 42.6. The number of aromatic nitrogens is 2. The molecule has 0 unspecified atom stereocenters. The van der Waals surface area contributed by atoms with Gasteiger partial charge < -0.3 is 52.3 Å². The maximum Gasteiger partial charge on any atom is 0.272 e. The van der Waals surface area contributed by atoms with Gasteiger partial charge in [-0.1, -0.05) is 101 Å². The third-order valence-electron chi connectivity index (χ3n) is 14.0. The van der Waals surface area contributed by atoms with Crippen LogP contribution < -0.4 is 42.5 Å². The molecule has 9 N–H and O–H groups in total. The van der Waals surface area contributed by atoms with E-state index in [-0.39, 0.29) is 61.0 Å². The van der Waals surface area contributed by atoms with E-state index in [2.05, 4.69) is 52.7 Å². The number of hydrogen-bond donors (Lipinski definition) is 9. The summed E-state index contributed by atoms with van der Waals surface area (Å²) in [5.41, 5.74) is 1.52. The molecule has 5 rings (SSSR count). The maximum atomic E-state index is 14.4. The minimum atomic E-state index is -0.997. The van der Waals surface area contributed by atoms with Crippen LogP contribution >= 0.6 is 0 Å². The quantitative estimate of drug-likeness (QED) is 0.0702. The molecule has 20 heteroatoms. The summed E-state index contributed by atoms with van der Waals surface area (Å²) < 4.78 is 0. The van der Waals surface area contributed by atoms with Crippen molar-refractivity contribution in [2.24, 2.45) is 11.8 Å². The van der Waals surface area contributed by atoms with Gasteiger partial charge in [-0.15, -0.1) is 0 Å². The highest BCUT2D eigenvalue weighted by molar-refractivity contribution is 5.99. The van der Waals surface area contributed by atoms with Crippen LogP contribution in [0.2, 0.25) is 0 Å². The lowest BCUT2D eigenvalue weighted by molar-refractivity contribution is -0.143. The molecule has 3 heterocycles. The number of hydrogen-bond acceptors (Lipinski definition) is 11. The predicted octanol–water partition coefficient (Wildman–Crippen LogP) is 1.84. The summed E-state index contributed by atoms with van der Waals surface area (Å²) in [6.45, 7) is 14.5. The van der Waals surface area contributed by atoms with Gasteiger partial charge in [0.05, 0.1) is 24.2 Å². The van der Waals surface area contributed by atoms with Gasteiger partial charge in [0.1, 0.15) is 29.9 Å². The van der Waals surface area contributed by atoms with Crippen molar-refractivity contribution in [3.05, 3.63) is 89.2 Å². The van der Waals surface area contributed by atoms with Crippen LogP contribution in [0.5, 0.6) is 0 Å². The van der Waals surface area contributed by atoms with Crippen molar-refractivity contribution in [3.63, 3.8) is 0 Å². The van der Waals surface area contributed by atoms with Crippen LogP contribution in [0.1, 0.15) is 125 Å². The van der Waals surface area contributed by atoms with Gasteiger partial charge in [0.15, 0.2) is 5.69 Å². The van der Waals surface area contributed by atoms with E-state index >= 15 is 0 Å². The average molecular weight is 983 g/mol. The summed E-state index contributed by atoms with van der Waals surface area (Å²) >= 11 is 0. The van der Waals surface area contributed by atoms with Gasteiger partial charge >= 0.3 is 0 Å². The van der Waals surface area contributed by atoms with E-state index in [0.29, 0.717) is 12.8 Å². The normalized spacial score (nSPS) is 21.0. The average Bonchev–Trinajstić information content (AvgIpc) is 4.16. The Morgan fingerprint density at radius 3 is 1.37 bits per heavy atom. The number of aromatic amines is 1. The van der Waals surface area contributed by atoms with E-state index in [0.717, 1.165) is 11.1 Å². The van der Waals surface area contributed by atoms with Crippen LogP contribution in [0.15, 0.2) is 66.7 Å². The van der Waals surface area contributed by atoms with Crippen molar-refractivity contribution in [1.29, 1.82) is 0 Å². The zero-order chi connectivity index (χ0) is 52.1. The highest BCUT2D eigenvalue weighted by Crippen LogP contribution is 2.26. The van der Waals surface area contributed by atoms with Crippen LogP contribution in [-0.4, -0.2) is 143 Å². The second-order valence-electron chi connectivity index (χ2n) is 19.0. The molecule has 2 saturated heterocycles. The Bertz CT molecular complexity index is 2170. The molecule has 2 aromatic carbocycles. The molecule has 71 heavy (non-hydrogen) atoms. The Morgan fingerprint density at radius 1 is 0.592 bits per heavy atom. The van der Waals surface area contributed by atoms with Crippen LogP contribution in [0.4, 0.5) is 0 Å². The maximum absolute atomic E-state index is 14.4. The minimum Gasteiger partial charge on any atom is -0.348 e. The molecule has 2 aliphatic heterocycles. The van der Waals surface area contributed by atoms with E-state index in [1.54, 1.807) is 27.9 Å². The molecule has 12 atom stereocenters. The van der Waals surface area contributed by atoms with Gasteiger partial charge in [-0.3, -0.25) is 43.5 Å². The Hall–Kier alpha value is -6.67. The number of H-pyrrole nitrogens is 1. The van der Waals surface area contributed by atoms with Crippen molar-refractivity contribution in [2.45, 2.75) is 141 Å². The van der Waals surface area contributed by atoms with E-state index in [9.17, 15) is 38.4 Å². The molecule has 0 bridgehead atoms. The summed E-state index contributed by atoms with van der Waals surface area (Å²) in [7, 11) is 3.28. The Morgan fingerprint density at radius 2 is 0.986 bits per heavy atom. The number of likely N-dealkylation sites (N-methyl/N-ethyl adjacent to an activating group) is 2. The third kappa shape index (κ3) is 14.0. The number of nitrogens with one attached hydrogen (secondary N) is 9. The molecular weight excluding hydrogens is 909 g/mol.